The topological polar surface area (TPSA) is 42.9 Å². The maximum atomic E-state index is 11.8. The van der Waals surface area contributed by atoms with E-state index in [2.05, 4.69) is 9.97 Å². The standard InChI is InChI=1S/C13H18N2O/c16-13(12-10-14-8-9-15-12)7-6-11-4-2-1-3-5-11/h8-11H,1-7H2. The lowest BCUT2D eigenvalue weighted by Gasteiger charge is -2.20. The molecule has 1 aliphatic carbocycles. The zero-order valence-electron chi connectivity index (χ0n) is 9.56. The first-order chi connectivity index (χ1) is 7.86. The molecule has 1 fully saturated rings. The fraction of sp³-hybridized carbons (Fsp3) is 0.615. The number of aromatic nitrogens is 2. The molecule has 0 radical (unpaired) electrons. The van der Waals surface area contributed by atoms with Gasteiger partial charge in [0.25, 0.3) is 0 Å². The van der Waals surface area contributed by atoms with Crippen LogP contribution in [-0.2, 0) is 0 Å². The van der Waals surface area contributed by atoms with Gasteiger partial charge >= 0.3 is 0 Å². The van der Waals surface area contributed by atoms with Gasteiger partial charge in [-0.25, -0.2) is 4.98 Å². The van der Waals surface area contributed by atoms with E-state index >= 15 is 0 Å². The molecule has 0 aromatic carbocycles. The molecule has 16 heavy (non-hydrogen) atoms. The van der Waals surface area contributed by atoms with E-state index in [1.165, 1.54) is 32.1 Å². The zero-order valence-corrected chi connectivity index (χ0v) is 9.56. The van der Waals surface area contributed by atoms with Gasteiger partial charge in [0, 0.05) is 18.8 Å². The second-order valence-corrected chi connectivity index (χ2v) is 4.56. The molecule has 0 aliphatic heterocycles. The van der Waals surface area contributed by atoms with Crippen LogP contribution in [-0.4, -0.2) is 15.8 Å². The molecule has 3 nitrogen and oxygen atoms in total. The smallest absolute Gasteiger partial charge is 0.182 e. The first kappa shape index (κ1) is 11.2. The summed E-state index contributed by atoms with van der Waals surface area (Å²) >= 11 is 0. The third kappa shape index (κ3) is 3.12. The number of hydrogen-bond donors (Lipinski definition) is 0. The molecule has 2 rings (SSSR count). The molecule has 1 aromatic heterocycles. The predicted octanol–water partition coefficient (Wildman–Crippen LogP) is 3.02. The Kier molecular flexibility index (Phi) is 4.03. The summed E-state index contributed by atoms with van der Waals surface area (Å²) in [7, 11) is 0. The van der Waals surface area contributed by atoms with Crippen LogP contribution in [0.4, 0.5) is 0 Å². The quantitative estimate of drug-likeness (QED) is 0.729. The summed E-state index contributed by atoms with van der Waals surface area (Å²) in [5.41, 5.74) is 0.512. The van der Waals surface area contributed by atoms with Gasteiger partial charge in [0.2, 0.25) is 0 Å². The molecule has 0 bridgehead atoms. The largest absolute Gasteiger partial charge is 0.292 e. The molecule has 0 saturated heterocycles. The molecule has 0 amide bonds. The van der Waals surface area contributed by atoms with Crippen LogP contribution in [0.2, 0.25) is 0 Å². The highest BCUT2D eigenvalue weighted by atomic mass is 16.1. The highest BCUT2D eigenvalue weighted by Crippen LogP contribution is 2.27. The van der Waals surface area contributed by atoms with Crippen molar-refractivity contribution in [1.29, 1.82) is 0 Å². The number of carbonyl (C=O) groups excluding carboxylic acids is 1. The fourth-order valence-electron chi connectivity index (χ4n) is 2.38. The van der Waals surface area contributed by atoms with E-state index in [4.69, 9.17) is 0 Å². The normalized spacial score (nSPS) is 17.2. The molecule has 0 unspecified atom stereocenters. The Hall–Kier alpha value is -1.25. The van der Waals surface area contributed by atoms with Gasteiger partial charge in [0.1, 0.15) is 5.69 Å². The van der Waals surface area contributed by atoms with Crippen molar-refractivity contribution in [3.63, 3.8) is 0 Å². The third-order valence-corrected chi connectivity index (χ3v) is 3.35. The molecule has 1 aliphatic rings. The van der Waals surface area contributed by atoms with E-state index in [0.717, 1.165) is 12.3 Å². The number of rotatable bonds is 4. The van der Waals surface area contributed by atoms with Gasteiger partial charge in [0.15, 0.2) is 5.78 Å². The van der Waals surface area contributed by atoms with Gasteiger partial charge in [-0.1, -0.05) is 32.1 Å². The molecule has 86 valence electrons. The van der Waals surface area contributed by atoms with Crippen molar-refractivity contribution >= 4 is 5.78 Å². The minimum Gasteiger partial charge on any atom is -0.292 e. The van der Waals surface area contributed by atoms with E-state index in [9.17, 15) is 4.79 Å². The highest BCUT2D eigenvalue weighted by molar-refractivity contribution is 5.93. The van der Waals surface area contributed by atoms with Crippen molar-refractivity contribution in [2.24, 2.45) is 5.92 Å². The summed E-state index contributed by atoms with van der Waals surface area (Å²) in [4.78, 5) is 19.7. The number of ketones is 1. The van der Waals surface area contributed by atoms with Crippen LogP contribution in [0.5, 0.6) is 0 Å². The average Bonchev–Trinajstić information content (AvgIpc) is 2.38. The van der Waals surface area contributed by atoms with Crippen molar-refractivity contribution in [2.45, 2.75) is 44.9 Å². The van der Waals surface area contributed by atoms with Gasteiger partial charge in [-0.2, -0.15) is 0 Å². The molecule has 1 aromatic rings. The molecule has 3 heteroatoms. The summed E-state index contributed by atoms with van der Waals surface area (Å²) in [5.74, 6) is 0.896. The summed E-state index contributed by atoms with van der Waals surface area (Å²) in [6, 6.07) is 0. The van der Waals surface area contributed by atoms with E-state index in [0.29, 0.717) is 12.1 Å². The lowest BCUT2D eigenvalue weighted by molar-refractivity contribution is 0.0965. The maximum Gasteiger partial charge on any atom is 0.182 e. The monoisotopic (exact) mass is 218 g/mol. The van der Waals surface area contributed by atoms with Crippen molar-refractivity contribution in [1.82, 2.24) is 9.97 Å². The Bertz CT molecular complexity index is 331. The fourth-order valence-corrected chi connectivity index (χ4v) is 2.38. The third-order valence-electron chi connectivity index (χ3n) is 3.35. The number of hydrogen-bond acceptors (Lipinski definition) is 3. The average molecular weight is 218 g/mol. The number of Topliss-reactive ketones (excluding diaryl/α,β-unsaturated/α-hetero) is 1. The minimum absolute atomic E-state index is 0.138. The van der Waals surface area contributed by atoms with Gasteiger partial charge in [0.05, 0.1) is 6.20 Å². The zero-order chi connectivity index (χ0) is 11.2. The minimum atomic E-state index is 0.138. The molecule has 1 saturated carbocycles. The van der Waals surface area contributed by atoms with Crippen LogP contribution in [0.1, 0.15) is 55.4 Å². The van der Waals surface area contributed by atoms with Gasteiger partial charge in [-0.3, -0.25) is 9.78 Å². The Labute approximate surface area is 96.3 Å². The van der Waals surface area contributed by atoms with E-state index < -0.39 is 0 Å². The van der Waals surface area contributed by atoms with Crippen LogP contribution in [0.25, 0.3) is 0 Å². The molecule has 0 N–H and O–H groups in total. The van der Waals surface area contributed by atoms with E-state index in [-0.39, 0.29) is 5.78 Å². The number of carbonyl (C=O) groups is 1. The summed E-state index contributed by atoms with van der Waals surface area (Å²) in [5, 5.41) is 0. The molecular formula is C13H18N2O. The van der Waals surface area contributed by atoms with Gasteiger partial charge in [-0.15, -0.1) is 0 Å². The van der Waals surface area contributed by atoms with Crippen LogP contribution in [0, 0.1) is 5.92 Å². The van der Waals surface area contributed by atoms with Gasteiger partial charge < -0.3 is 0 Å². The second kappa shape index (κ2) is 5.73. The van der Waals surface area contributed by atoms with Crippen molar-refractivity contribution in [3.8, 4) is 0 Å². The molecule has 0 atom stereocenters. The van der Waals surface area contributed by atoms with Gasteiger partial charge in [-0.05, 0) is 12.3 Å². The molecular weight excluding hydrogens is 200 g/mol. The molecule has 0 spiro atoms. The van der Waals surface area contributed by atoms with Crippen LogP contribution in [0.15, 0.2) is 18.6 Å². The van der Waals surface area contributed by atoms with E-state index in [1.807, 2.05) is 0 Å². The molecule has 1 heterocycles. The number of nitrogens with zero attached hydrogens (tertiary/aromatic N) is 2. The predicted molar refractivity (Wildman–Crippen MR) is 62.2 cm³/mol. The summed E-state index contributed by atoms with van der Waals surface area (Å²) in [6.07, 6.45) is 13.0. The Morgan fingerprint density at radius 3 is 2.75 bits per heavy atom. The summed E-state index contributed by atoms with van der Waals surface area (Å²) < 4.78 is 0. The second-order valence-electron chi connectivity index (χ2n) is 4.56. The maximum absolute atomic E-state index is 11.8. The van der Waals surface area contributed by atoms with Crippen LogP contribution in [0.3, 0.4) is 0 Å². The Morgan fingerprint density at radius 2 is 2.06 bits per heavy atom. The van der Waals surface area contributed by atoms with Crippen molar-refractivity contribution in [3.05, 3.63) is 24.3 Å². The lowest BCUT2D eigenvalue weighted by atomic mass is 9.85. The first-order valence-electron chi connectivity index (χ1n) is 6.15. The van der Waals surface area contributed by atoms with Crippen LogP contribution >= 0.6 is 0 Å². The van der Waals surface area contributed by atoms with Crippen LogP contribution < -0.4 is 0 Å². The lowest BCUT2D eigenvalue weighted by Crippen LogP contribution is -2.10. The Morgan fingerprint density at radius 1 is 1.25 bits per heavy atom. The van der Waals surface area contributed by atoms with Crippen molar-refractivity contribution in [2.75, 3.05) is 0 Å². The SMILES string of the molecule is O=C(CCC1CCCCC1)c1cnccn1. The first-order valence-corrected chi connectivity index (χ1v) is 6.15. The Balaban J connectivity index is 1.79. The van der Waals surface area contributed by atoms with Crippen molar-refractivity contribution < 1.29 is 4.79 Å². The van der Waals surface area contributed by atoms with E-state index in [1.54, 1.807) is 18.6 Å². The highest BCUT2D eigenvalue weighted by Gasteiger charge is 2.15. The summed E-state index contributed by atoms with van der Waals surface area (Å²) in [6.45, 7) is 0.